The van der Waals surface area contributed by atoms with Crippen LogP contribution in [0.1, 0.15) is 30.8 Å². The van der Waals surface area contributed by atoms with Gasteiger partial charge in [-0.2, -0.15) is 4.37 Å². The van der Waals surface area contributed by atoms with Gasteiger partial charge >= 0.3 is 0 Å². The van der Waals surface area contributed by atoms with Gasteiger partial charge in [0.15, 0.2) is 0 Å². The number of anilines is 1. The smallest absolute Gasteiger partial charge is 0.242 e. The molecule has 0 aliphatic carbocycles. The summed E-state index contributed by atoms with van der Waals surface area (Å²) < 4.78 is 10.1. The lowest BCUT2D eigenvalue weighted by atomic mass is 10.1. The molecule has 140 valence electrons. The van der Waals surface area contributed by atoms with Crippen molar-refractivity contribution in [3.05, 3.63) is 41.2 Å². The van der Waals surface area contributed by atoms with Crippen LogP contribution in [0, 0.1) is 6.92 Å². The molecule has 2 heterocycles. The molecule has 0 N–H and O–H groups in total. The highest BCUT2D eigenvalue weighted by Crippen LogP contribution is 2.19. The monoisotopic (exact) mass is 374 g/mol. The minimum atomic E-state index is 0.0793. The fourth-order valence-electron chi connectivity index (χ4n) is 3.11. The Labute approximate surface area is 159 Å². The Morgan fingerprint density at radius 2 is 1.92 bits per heavy atom. The average Bonchev–Trinajstić information content (AvgIpc) is 3.04. The van der Waals surface area contributed by atoms with Gasteiger partial charge in [-0.25, -0.2) is 4.98 Å². The minimum absolute atomic E-state index is 0.0793. The highest BCUT2D eigenvalue weighted by Gasteiger charge is 2.26. The van der Waals surface area contributed by atoms with Crippen LogP contribution < -0.4 is 4.90 Å². The fraction of sp³-hybridized carbons (Fsp3) is 0.526. The second kappa shape index (κ2) is 8.14. The molecule has 1 aromatic heterocycles. The number of hydrogen-bond acceptors (Lipinski definition) is 6. The van der Waals surface area contributed by atoms with Crippen molar-refractivity contribution in [2.24, 2.45) is 0 Å². The summed E-state index contributed by atoms with van der Waals surface area (Å²) in [5, 5.41) is 0.773. The summed E-state index contributed by atoms with van der Waals surface area (Å²) >= 11 is 1.34. The summed E-state index contributed by atoms with van der Waals surface area (Å²) in [4.78, 5) is 20.9. The lowest BCUT2D eigenvalue weighted by Crippen LogP contribution is -2.50. The first-order valence-corrected chi connectivity index (χ1v) is 9.70. The van der Waals surface area contributed by atoms with Crippen LogP contribution in [0.15, 0.2) is 24.3 Å². The van der Waals surface area contributed by atoms with Gasteiger partial charge in [-0.05, 0) is 26.3 Å². The Balaban J connectivity index is 1.58. The molecule has 1 amide bonds. The van der Waals surface area contributed by atoms with E-state index in [0.29, 0.717) is 26.1 Å². The zero-order valence-corrected chi connectivity index (χ0v) is 16.6. The molecule has 3 rings (SSSR count). The molecular weight excluding hydrogens is 348 g/mol. The SMILES string of the molecule is Cc1ccc(Cc2nsc(N(C)CC(=O)N3C[C@@H](C)O[C@H](C)C3)n2)cc1. The number of aryl methyl sites for hydroxylation is 1. The number of carbonyl (C=O) groups excluding carboxylic acids is 1. The molecule has 1 aliphatic heterocycles. The molecule has 26 heavy (non-hydrogen) atoms. The number of aromatic nitrogens is 2. The highest BCUT2D eigenvalue weighted by atomic mass is 32.1. The summed E-state index contributed by atoms with van der Waals surface area (Å²) in [6.07, 6.45) is 0.864. The Bertz CT molecular complexity index is 736. The van der Waals surface area contributed by atoms with E-state index in [1.165, 1.54) is 22.7 Å². The zero-order chi connectivity index (χ0) is 18.7. The molecule has 1 aliphatic rings. The minimum Gasteiger partial charge on any atom is -0.372 e. The number of rotatable bonds is 5. The van der Waals surface area contributed by atoms with Gasteiger partial charge in [0.25, 0.3) is 0 Å². The highest BCUT2D eigenvalue weighted by molar-refractivity contribution is 7.09. The van der Waals surface area contributed by atoms with E-state index < -0.39 is 0 Å². The van der Waals surface area contributed by atoms with Crippen LogP contribution in [-0.4, -0.2) is 59.1 Å². The summed E-state index contributed by atoms with van der Waals surface area (Å²) in [5.41, 5.74) is 2.43. The molecule has 2 aromatic rings. The molecule has 0 saturated carbocycles. The third-order valence-corrected chi connectivity index (χ3v) is 5.28. The van der Waals surface area contributed by atoms with Gasteiger partial charge in [0.05, 0.1) is 18.8 Å². The second-order valence-electron chi connectivity index (χ2n) is 7.07. The van der Waals surface area contributed by atoms with Gasteiger partial charge in [0.2, 0.25) is 11.0 Å². The van der Waals surface area contributed by atoms with Crippen LogP contribution in [0.25, 0.3) is 0 Å². The standard InChI is InChI=1S/C19H26N4O2S/c1-13-5-7-16(8-6-13)9-17-20-19(26-21-17)22(4)12-18(24)23-10-14(2)25-15(3)11-23/h5-8,14-15H,9-12H2,1-4H3/t14-,15-/m1/s1. The maximum atomic E-state index is 12.6. The Hall–Kier alpha value is -1.99. The van der Waals surface area contributed by atoms with Gasteiger partial charge in [-0.15, -0.1) is 0 Å². The molecule has 1 saturated heterocycles. The largest absolute Gasteiger partial charge is 0.372 e. The lowest BCUT2D eigenvalue weighted by Gasteiger charge is -2.36. The molecule has 0 radical (unpaired) electrons. The number of amides is 1. The maximum Gasteiger partial charge on any atom is 0.242 e. The fourth-order valence-corrected chi connectivity index (χ4v) is 3.75. The maximum absolute atomic E-state index is 12.6. The molecule has 1 aromatic carbocycles. The van der Waals surface area contributed by atoms with Crippen LogP contribution in [0.5, 0.6) is 0 Å². The summed E-state index contributed by atoms with van der Waals surface area (Å²) in [5.74, 6) is 0.895. The molecule has 6 nitrogen and oxygen atoms in total. The predicted octanol–water partition coefficient (Wildman–Crippen LogP) is 2.51. The van der Waals surface area contributed by atoms with Crippen molar-refractivity contribution in [2.45, 2.75) is 39.4 Å². The van der Waals surface area contributed by atoms with Crippen LogP contribution in [0.3, 0.4) is 0 Å². The quantitative estimate of drug-likeness (QED) is 0.805. The third kappa shape index (κ3) is 4.80. The van der Waals surface area contributed by atoms with E-state index in [1.54, 1.807) is 0 Å². The normalized spacial score (nSPS) is 20.2. The molecule has 0 bridgehead atoms. The summed E-state index contributed by atoms with van der Waals surface area (Å²) in [7, 11) is 1.89. The number of nitrogens with zero attached hydrogens (tertiary/aromatic N) is 4. The Morgan fingerprint density at radius 3 is 2.58 bits per heavy atom. The van der Waals surface area contributed by atoms with E-state index in [1.807, 2.05) is 30.7 Å². The van der Waals surface area contributed by atoms with Crippen molar-refractivity contribution in [1.29, 1.82) is 0 Å². The lowest BCUT2D eigenvalue weighted by molar-refractivity contribution is -0.141. The molecule has 0 spiro atoms. The van der Waals surface area contributed by atoms with Crippen LogP contribution in [-0.2, 0) is 16.0 Å². The predicted molar refractivity (Wildman–Crippen MR) is 104 cm³/mol. The summed E-state index contributed by atoms with van der Waals surface area (Å²) in [6, 6.07) is 8.39. The van der Waals surface area contributed by atoms with Crippen molar-refractivity contribution >= 4 is 22.6 Å². The number of morpholine rings is 1. The van der Waals surface area contributed by atoms with Crippen LogP contribution in [0.2, 0.25) is 0 Å². The Kier molecular flexibility index (Phi) is 5.88. The average molecular weight is 375 g/mol. The third-order valence-electron chi connectivity index (χ3n) is 4.41. The van der Waals surface area contributed by atoms with E-state index in [-0.39, 0.29) is 18.1 Å². The van der Waals surface area contributed by atoms with Crippen molar-refractivity contribution in [3.8, 4) is 0 Å². The van der Waals surface area contributed by atoms with E-state index in [0.717, 1.165) is 11.0 Å². The van der Waals surface area contributed by atoms with Gasteiger partial charge in [0.1, 0.15) is 5.82 Å². The van der Waals surface area contributed by atoms with Gasteiger partial charge in [-0.1, -0.05) is 29.8 Å². The zero-order valence-electron chi connectivity index (χ0n) is 15.8. The van der Waals surface area contributed by atoms with Gasteiger partial charge < -0.3 is 14.5 Å². The topological polar surface area (TPSA) is 58.6 Å². The van der Waals surface area contributed by atoms with Gasteiger partial charge in [-0.3, -0.25) is 4.79 Å². The van der Waals surface area contributed by atoms with E-state index in [2.05, 4.69) is 40.5 Å². The Morgan fingerprint density at radius 1 is 1.27 bits per heavy atom. The van der Waals surface area contributed by atoms with Crippen LogP contribution >= 0.6 is 11.5 Å². The first-order valence-electron chi connectivity index (χ1n) is 8.93. The number of likely N-dealkylation sites (N-methyl/N-ethyl adjacent to an activating group) is 1. The van der Waals surface area contributed by atoms with Crippen molar-refractivity contribution in [2.75, 3.05) is 31.6 Å². The van der Waals surface area contributed by atoms with Crippen molar-refractivity contribution < 1.29 is 9.53 Å². The molecular formula is C19H26N4O2S. The molecule has 7 heteroatoms. The molecule has 0 unspecified atom stereocenters. The van der Waals surface area contributed by atoms with Crippen LogP contribution in [0.4, 0.5) is 5.13 Å². The van der Waals surface area contributed by atoms with E-state index >= 15 is 0 Å². The van der Waals surface area contributed by atoms with Crippen molar-refractivity contribution in [1.82, 2.24) is 14.3 Å². The second-order valence-corrected chi connectivity index (χ2v) is 7.80. The number of carbonyl (C=O) groups is 1. The number of hydrogen-bond donors (Lipinski definition) is 0. The van der Waals surface area contributed by atoms with Gasteiger partial charge in [0, 0.05) is 38.1 Å². The van der Waals surface area contributed by atoms with Crippen molar-refractivity contribution in [3.63, 3.8) is 0 Å². The molecule has 1 fully saturated rings. The first-order chi connectivity index (χ1) is 12.4. The summed E-state index contributed by atoms with van der Waals surface area (Å²) in [6.45, 7) is 7.67. The number of ether oxygens (including phenoxy) is 1. The number of benzene rings is 1. The molecule has 2 atom stereocenters. The van der Waals surface area contributed by atoms with E-state index in [9.17, 15) is 4.79 Å². The van der Waals surface area contributed by atoms with E-state index in [4.69, 9.17) is 4.74 Å². The first kappa shape index (κ1) is 18.8.